The molecular formula is C16H22N2O2. The van der Waals surface area contributed by atoms with Crippen molar-refractivity contribution < 1.29 is 9.59 Å². The van der Waals surface area contributed by atoms with Gasteiger partial charge in [-0.25, -0.2) is 0 Å². The third-order valence-electron chi connectivity index (χ3n) is 3.85. The van der Waals surface area contributed by atoms with Gasteiger partial charge in [0.2, 0.25) is 5.91 Å². The third-order valence-corrected chi connectivity index (χ3v) is 3.85. The first kappa shape index (κ1) is 14.6. The van der Waals surface area contributed by atoms with Crippen LogP contribution < -0.4 is 5.32 Å². The van der Waals surface area contributed by atoms with E-state index in [1.807, 2.05) is 18.7 Å². The third kappa shape index (κ3) is 3.38. The van der Waals surface area contributed by atoms with E-state index in [1.54, 1.807) is 24.3 Å². The Hall–Kier alpha value is -1.84. The molecule has 0 aromatic heterocycles. The predicted octanol–water partition coefficient (Wildman–Crippen LogP) is 2.91. The van der Waals surface area contributed by atoms with Gasteiger partial charge in [0.25, 0.3) is 5.91 Å². The summed E-state index contributed by atoms with van der Waals surface area (Å²) in [6, 6.07) is 7.16. The van der Waals surface area contributed by atoms with Crippen molar-refractivity contribution in [3.05, 3.63) is 29.8 Å². The molecule has 1 aliphatic rings. The summed E-state index contributed by atoms with van der Waals surface area (Å²) in [4.78, 5) is 25.8. The summed E-state index contributed by atoms with van der Waals surface area (Å²) >= 11 is 0. The van der Waals surface area contributed by atoms with E-state index in [-0.39, 0.29) is 17.7 Å². The molecule has 0 spiro atoms. The molecule has 1 aromatic rings. The van der Waals surface area contributed by atoms with Crippen LogP contribution in [0.4, 0.5) is 5.69 Å². The molecule has 1 aromatic carbocycles. The molecule has 1 heterocycles. The molecule has 1 aliphatic heterocycles. The summed E-state index contributed by atoms with van der Waals surface area (Å²) in [5.74, 6) is 0.106. The summed E-state index contributed by atoms with van der Waals surface area (Å²) in [5, 5.41) is 2.86. The number of likely N-dealkylation sites (tertiary alicyclic amines) is 1. The number of hydrogen-bond acceptors (Lipinski definition) is 2. The summed E-state index contributed by atoms with van der Waals surface area (Å²) in [6.45, 7) is 5.60. The van der Waals surface area contributed by atoms with Crippen LogP contribution in [0, 0.1) is 5.92 Å². The number of carbonyl (C=O) groups is 2. The van der Waals surface area contributed by atoms with Gasteiger partial charge in [-0.15, -0.1) is 0 Å². The van der Waals surface area contributed by atoms with Crippen LogP contribution in [0.25, 0.3) is 0 Å². The number of hydrogen-bond donors (Lipinski definition) is 1. The van der Waals surface area contributed by atoms with Crippen LogP contribution >= 0.6 is 0 Å². The van der Waals surface area contributed by atoms with Crippen molar-refractivity contribution in [2.24, 2.45) is 5.92 Å². The summed E-state index contributed by atoms with van der Waals surface area (Å²) in [7, 11) is 0. The Morgan fingerprint density at radius 3 is 2.35 bits per heavy atom. The van der Waals surface area contributed by atoms with E-state index < -0.39 is 0 Å². The maximum absolute atomic E-state index is 12.2. The van der Waals surface area contributed by atoms with Crippen LogP contribution in [0.1, 0.15) is 43.5 Å². The lowest BCUT2D eigenvalue weighted by Gasteiger charge is -2.15. The molecule has 1 fully saturated rings. The molecule has 2 amide bonds. The zero-order valence-corrected chi connectivity index (χ0v) is 12.2. The van der Waals surface area contributed by atoms with Gasteiger partial charge in [-0.3, -0.25) is 9.59 Å². The van der Waals surface area contributed by atoms with Crippen molar-refractivity contribution in [1.29, 1.82) is 0 Å². The molecule has 0 saturated carbocycles. The molecule has 0 radical (unpaired) electrons. The minimum Gasteiger partial charge on any atom is -0.339 e. The van der Waals surface area contributed by atoms with E-state index in [4.69, 9.17) is 0 Å². The van der Waals surface area contributed by atoms with Crippen molar-refractivity contribution in [3.63, 3.8) is 0 Å². The monoisotopic (exact) mass is 274 g/mol. The lowest BCUT2D eigenvalue weighted by atomic mass is 10.1. The molecule has 20 heavy (non-hydrogen) atoms. The van der Waals surface area contributed by atoms with Gasteiger partial charge in [0.05, 0.1) is 0 Å². The maximum Gasteiger partial charge on any atom is 0.253 e. The first-order valence-corrected chi connectivity index (χ1v) is 7.32. The zero-order valence-electron chi connectivity index (χ0n) is 12.2. The quantitative estimate of drug-likeness (QED) is 0.917. The average Bonchev–Trinajstić information content (AvgIpc) is 3.00. The van der Waals surface area contributed by atoms with Crippen molar-refractivity contribution in [2.75, 3.05) is 18.4 Å². The van der Waals surface area contributed by atoms with Gasteiger partial charge in [0.1, 0.15) is 0 Å². The van der Waals surface area contributed by atoms with Gasteiger partial charge in [-0.2, -0.15) is 0 Å². The van der Waals surface area contributed by atoms with Crippen molar-refractivity contribution in [3.8, 4) is 0 Å². The molecule has 1 saturated heterocycles. The number of carbonyl (C=O) groups excluding carboxylic acids is 2. The van der Waals surface area contributed by atoms with E-state index in [9.17, 15) is 9.59 Å². The van der Waals surface area contributed by atoms with Crippen LogP contribution in [0.2, 0.25) is 0 Å². The fourth-order valence-corrected chi connectivity index (χ4v) is 2.25. The van der Waals surface area contributed by atoms with Gasteiger partial charge >= 0.3 is 0 Å². The first-order chi connectivity index (χ1) is 9.61. The van der Waals surface area contributed by atoms with E-state index >= 15 is 0 Å². The Morgan fingerprint density at radius 1 is 1.20 bits per heavy atom. The highest BCUT2D eigenvalue weighted by atomic mass is 16.2. The van der Waals surface area contributed by atoms with Gasteiger partial charge < -0.3 is 10.2 Å². The van der Waals surface area contributed by atoms with E-state index in [2.05, 4.69) is 5.32 Å². The zero-order chi connectivity index (χ0) is 14.5. The minimum absolute atomic E-state index is 0.000841. The summed E-state index contributed by atoms with van der Waals surface area (Å²) in [6.07, 6.45) is 3.00. The normalized spacial score (nSPS) is 16.0. The number of nitrogens with one attached hydrogen (secondary N) is 1. The topological polar surface area (TPSA) is 49.4 Å². The molecule has 1 unspecified atom stereocenters. The molecule has 1 N–H and O–H groups in total. The van der Waals surface area contributed by atoms with Crippen LogP contribution in [-0.4, -0.2) is 29.8 Å². The Bertz CT molecular complexity index is 476. The summed E-state index contributed by atoms with van der Waals surface area (Å²) in [5.41, 5.74) is 1.43. The fourth-order valence-electron chi connectivity index (χ4n) is 2.25. The first-order valence-electron chi connectivity index (χ1n) is 7.32. The molecule has 2 rings (SSSR count). The highest BCUT2D eigenvalue weighted by Crippen LogP contribution is 2.16. The molecule has 4 nitrogen and oxygen atoms in total. The van der Waals surface area contributed by atoms with E-state index in [0.717, 1.165) is 38.0 Å². The maximum atomic E-state index is 12.2. The van der Waals surface area contributed by atoms with Crippen LogP contribution in [0.3, 0.4) is 0 Å². The molecule has 0 aliphatic carbocycles. The highest BCUT2D eigenvalue weighted by Gasteiger charge is 2.19. The molecule has 4 heteroatoms. The summed E-state index contributed by atoms with van der Waals surface area (Å²) < 4.78 is 0. The van der Waals surface area contributed by atoms with Crippen molar-refractivity contribution in [2.45, 2.75) is 33.1 Å². The second-order valence-electron chi connectivity index (χ2n) is 5.38. The van der Waals surface area contributed by atoms with Gasteiger partial charge in [0, 0.05) is 30.3 Å². The van der Waals surface area contributed by atoms with E-state index in [1.165, 1.54) is 0 Å². The second kappa shape index (κ2) is 6.55. The van der Waals surface area contributed by atoms with Crippen LogP contribution in [0.5, 0.6) is 0 Å². The number of anilines is 1. The van der Waals surface area contributed by atoms with Crippen molar-refractivity contribution >= 4 is 17.5 Å². The highest BCUT2D eigenvalue weighted by molar-refractivity contribution is 5.96. The Labute approximate surface area is 120 Å². The standard InChI is InChI=1S/C16H22N2O2/c1-3-12(2)15(19)17-14-8-6-13(7-9-14)16(20)18-10-4-5-11-18/h6-9,12H,3-5,10-11H2,1-2H3,(H,17,19). The second-order valence-corrected chi connectivity index (χ2v) is 5.38. The van der Waals surface area contributed by atoms with Crippen LogP contribution in [0.15, 0.2) is 24.3 Å². The Morgan fingerprint density at radius 2 is 1.80 bits per heavy atom. The largest absolute Gasteiger partial charge is 0.339 e. The number of benzene rings is 1. The van der Waals surface area contributed by atoms with Crippen LogP contribution in [-0.2, 0) is 4.79 Å². The SMILES string of the molecule is CCC(C)C(=O)Nc1ccc(C(=O)N2CCCC2)cc1. The Balaban J connectivity index is 1.99. The minimum atomic E-state index is 0.000841. The lowest BCUT2D eigenvalue weighted by molar-refractivity contribution is -0.119. The molecule has 1 atom stereocenters. The lowest BCUT2D eigenvalue weighted by Crippen LogP contribution is -2.27. The van der Waals surface area contributed by atoms with Gasteiger partial charge in [-0.05, 0) is 43.5 Å². The van der Waals surface area contributed by atoms with Gasteiger partial charge in [0.15, 0.2) is 0 Å². The number of amides is 2. The van der Waals surface area contributed by atoms with Gasteiger partial charge in [-0.1, -0.05) is 13.8 Å². The average molecular weight is 274 g/mol. The number of rotatable bonds is 4. The smallest absolute Gasteiger partial charge is 0.253 e. The fraction of sp³-hybridized carbons (Fsp3) is 0.500. The Kier molecular flexibility index (Phi) is 4.77. The van der Waals surface area contributed by atoms with E-state index in [0.29, 0.717) is 5.56 Å². The predicted molar refractivity (Wildman–Crippen MR) is 79.7 cm³/mol. The van der Waals surface area contributed by atoms with Crippen molar-refractivity contribution in [1.82, 2.24) is 4.90 Å². The molecular weight excluding hydrogens is 252 g/mol. The number of nitrogens with zero attached hydrogens (tertiary/aromatic N) is 1. The molecule has 0 bridgehead atoms. The molecule has 108 valence electrons.